The molecular weight excluding hydrogens is 176 g/mol. The predicted octanol–water partition coefficient (Wildman–Crippen LogP) is 0.989. The van der Waals surface area contributed by atoms with Crippen molar-refractivity contribution in [1.29, 1.82) is 5.26 Å². The van der Waals surface area contributed by atoms with E-state index in [0.29, 0.717) is 10.6 Å². The summed E-state index contributed by atoms with van der Waals surface area (Å²) < 4.78 is 4.46. The highest BCUT2D eigenvalue weighted by molar-refractivity contribution is 7.15. The molecule has 1 aromatic heterocycles. The quantitative estimate of drug-likeness (QED) is 0.657. The smallest absolute Gasteiger partial charge is 0.350 e. The number of methoxy groups -OCH3 is 1. The molecule has 1 heterocycles. The van der Waals surface area contributed by atoms with E-state index >= 15 is 0 Å². The Morgan fingerprint density at radius 3 is 2.92 bits per heavy atom. The summed E-state index contributed by atoms with van der Waals surface area (Å²) in [5.41, 5.74) is 5.75. The third-order valence-corrected chi connectivity index (χ3v) is 2.28. The number of nitriles is 1. The third kappa shape index (κ3) is 1.38. The van der Waals surface area contributed by atoms with Gasteiger partial charge in [-0.15, -0.1) is 11.3 Å². The van der Waals surface area contributed by atoms with Crippen molar-refractivity contribution in [1.82, 2.24) is 0 Å². The van der Waals surface area contributed by atoms with Gasteiger partial charge >= 0.3 is 5.97 Å². The lowest BCUT2D eigenvalue weighted by atomic mass is 10.4. The molecule has 2 N–H and O–H groups in total. The Kier molecular flexibility index (Phi) is 2.31. The number of nitrogens with zero attached hydrogens (tertiary/aromatic N) is 1. The highest BCUT2D eigenvalue weighted by Gasteiger charge is 2.13. The molecule has 0 unspecified atom stereocenters. The van der Waals surface area contributed by atoms with Crippen molar-refractivity contribution in [3.05, 3.63) is 15.8 Å². The second-order valence-electron chi connectivity index (χ2n) is 2.00. The van der Waals surface area contributed by atoms with E-state index in [1.165, 1.54) is 13.2 Å². The minimum Gasteiger partial charge on any atom is -0.465 e. The first-order valence-electron chi connectivity index (χ1n) is 3.06. The largest absolute Gasteiger partial charge is 0.465 e. The number of anilines is 1. The zero-order valence-electron chi connectivity index (χ0n) is 6.33. The Morgan fingerprint density at radius 2 is 2.50 bits per heavy atom. The Labute approximate surface area is 73.2 Å². The van der Waals surface area contributed by atoms with Gasteiger partial charge in [0.1, 0.15) is 15.8 Å². The van der Waals surface area contributed by atoms with Crippen LogP contribution in [0.4, 0.5) is 5.69 Å². The van der Waals surface area contributed by atoms with Gasteiger partial charge in [0, 0.05) is 0 Å². The van der Waals surface area contributed by atoms with E-state index in [9.17, 15) is 4.79 Å². The molecule has 0 amide bonds. The lowest BCUT2D eigenvalue weighted by molar-refractivity contribution is 0.0607. The van der Waals surface area contributed by atoms with Crippen LogP contribution >= 0.6 is 11.3 Å². The van der Waals surface area contributed by atoms with Crippen LogP contribution in [0, 0.1) is 11.3 Å². The van der Waals surface area contributed by atoms with Gasteiger partial charge in [-0.1, -0.05) is 0 Å². The highest BCUT2D eigenvalue weighted by atomic mass is 32.1. The van der Waals surface area contributed by atoms with Crippen LogP contribution in [0.1, 0.15) is 14.5 Å². The lowest BCUT2D eigenvalue weighted by Crippen LogP contribution is -2.00. The first kappa shape index (κ1) is 8.56. The summed E-state index contributed by atoms with van der Waals surface area (Å²) >= 11 is 1.03. The van der Waals surface area contributed by atoms with Crippen LogP contribution in [-0.2, 0) is 4.74 Å². The molecule has 0 fully saturated rings. The SMILES string of the molecule is COC(=O)c1sc(C#N)cc1N. The van der Waals surface area contributed by atoms with Gasteiger partial charge < -0.3 is 10.5 Å². The van der Waals surface area contributed by atoms with Crippen molar-refractivity contribution >= 4 is 23.0 Å². The standard InChI is InChI=1S/C7H6N2O2S/c1-11-7(10)6-5(9)2-4(3-8)12-6/h2H,9H2,1H3. The number of esters is 1. The topological polar surface area (TPSA) is 76.1 Å². The van der Waals surface area contributed by atoms with Crippen LogP contribution in [0.3, 0.4) is 0 Å². The van der Waals surface area contributed by atoms with Crippen LogP contribution in [0.5, 0.6) is 0 Å². The van der Waals surface area contributed by atoms with Gasteiger partial charge in [0.25, 0.3) is 0 Å². The lowest BCUT2D eigenvalue weighted by Gasteiger charge is -1.94. The molecule has 0 aliphatic heterocycles. The summed E-state index contributed by atoms with van der Waals surface area (Å²) in [6.07, 6.45) is 0. The zero-order chi connectivity index (χ0) is 9.14. The first-order valence-corrected chi connectivity index (χ1v) is 3.88. The van der Waals surface area contributed by atoms with E-state index in [2.05, 4.69) is 4.74 Å². The molecule has 1 rings (SSSR count). The van der Waals surface area contributed by atoms with Gasteiger partial charge in [-0.25, -0.2) is 4.79 Å². The van der Waals surface area contributed by atoms with E-state index < -0.39 is 5.97 Å². The Bertz CT molecular complexity index is 351. The van der Waals surface area contributed by atoms with Crippen molar-refractivity contribution in [3.8, 4) is 6.07 Å². The summed E-state index contributed by atoms with van der Waals surface area (Å²) in [6, 6.07) is 3.35. The van der Waals surface area contributed by atoms with E-state index in [4.69, 9.17) is 11.0 Å². The molecule has 5 heteroatoms. The van der Waals surface area contributed by atoms with Crippen molar-refractivity contribution in [2.75, 3.05) is 12.8 Å². The molecule has 0 radical (unpaired) electrons. The number of hydrogen-bond donors (Lipinski definition) is 1. The molecule has 4 nitrogen and oxygen atoms in total. The Morgan fingerprint density at radius 1 is 1.83 bits per heavy atom. The van der Waals surface area contributed by atoms with E-state index in [1.54, 1.807) is 0 Å². The summed E-state index contributed by atoms with van der Waals surface area (Å²) in [5.74, 6) is -0.501. The van der Waals surface area contributed by atoms with Gasteiger partial charge in [-0.2, -0.15) is 5.26 Å². The van der Waals surface area contributed by atoms with Crippen molar-refractivity contribution in [3.63, 3.8) is 0 Å². The van der Waals surface area contributed by atoms with Crippen molar-refractivity contribution in [2.24, 2.45) is 0 Å². The van der Waals surface area contributed by atoms with Crippen LogP contribution < -0.4 is 5.73 Å². The molecule has 1 aromatic rings. The van der Waals surface area contributed by atoms with Crippen molar-refractivity contribution in [2.45, 2.75) is 0 Å². The zero-order valence-corrected chi connectivity index (χ0v) is 7.14. The van der Waals surface area contributed by atoms with Crippen LogP contribution in [-0.4, -0.2) is 13.1 Å². The molecule has 0 aliphatic rings. The van der Waals surface area contributed by atoms with Crippen LogP contribution in [0.15, 0.2) is 6.07 Å². The average molecular weight is 182 g/mol. The molecule has 62 valence electrons. The summed E-state index contributed by atoms with van der Waals surface area (Å²) in [7, 11) is 1.27. The number of ether oxygens (including phenoxy) is 1. The van der Waals surface area contributed by atoms with E-state index in [-0.39, 0.29) is 4.88 Å². The fourth-order valence-electron chi connectivity index (χ4n) is 0.712. The van der Waals surface area contributed by atoms with Gasteiger partial charge in [-0.3, -0.25) is 0 Å². The second kappa shape index (κ2) is 3.24. The molecule has 0 aromatic carbocycles. The maximum absolute atomic E-state index is 11.0. The van der Waals surface area contributed by atoms with Gasteiger partial charge in [0.15, 0.2) is 0 Å². The van der Waals surface area contributed by atoms with Gasteiger partial charge in [-0.05, 0) is 6.07 Å². The molecule has 0 atom stereocenters. The monoisotopic (exact) mass is 182 g/mol. The number of carbonyl (C=O) groups is 1. The van der Waals surface area contributed by atoms with Crippen molar-refractivity contribution < 1.29 is 9.53 Å². The Hall–Kier alpha value is -1.54. The molecule has 0 bridgehead atoms. The molecule has 0 saturated carbocycles. The number of carbonyl (C=O) groups excluding carboxylic acids is 1. The minimum absolute atomic E-state index is 0.286. The third-order valence-electron chi connectivity index (χ3n) is 1.24. The number of nitrogens with two attached hydrogens (primary N) is 1. The molecule has 0 saturated heterocycles. The molecule has 12 heavy (non-hydrogen) atoms. The Balaban J connectivity index is 3.10. The summed E-state index contributed by atoms with van der Waals surface area (Å²) in [4.78, 5) is 11.7. The minimum atomic E-state index is -0.501. The first-order chi connectivity index (χ1) is 5.69. The molecular formula is C7H6N2O2S. The number of nitrogen functional groups attached to an aromatic ring is 1. The van der Waals surface area contributed by atoms with Crippen LogP contribution in [0.2, 0.25) is 0 Å². The maximum atomic E-state index is 11.0. The average Bonchev–Trinajstić information content (AvgIpc) is 2.45. The number of thiophene rings is 1. The maximum Gasteiger partial charge on any atom is 0.350 e. The van der Waals surface area contributed by atoms with Gasteiger partial charge in [0.05, 0.1) is 12.8 Å². The van der Waals surface area contributed by atoms with E-state index in [0.717, 1.165) is 11.3 Å². The number of rotatable bonds is 1. The fraction of sp³-hybridized carbons (Fsp3) is 0.143. The fourth-order valence-corrected chi connectivity index (χ4v) is 1.51. The summed E-state index contributed by atoms with van der Waals surface area (Å²) in [5, 5.41) is 8.48. The molecule has 0 spiro atoms. The van der Waals surface area contributed by atoms with Crippen LogP contribution in [0.25, 0.3) is 0 Å². The van der Waals surface area contributed by atoms with Gasteiger partial charge in [0.2, 0.25) is 0 Å². The number of hydrogen-bond acceptors (Lipinski definition) is 5. The predicted molar refractivity (Wildman–Crippen MR) is 44.8 cm³/mol. The highest BCUT2D eigenvalue weighted by Crippen LogP contribution is 2.24. The molecule has 0 aliphatic carbocycles. The second-order valence-corrected chi connectivity index (χ2v) is 3.05. The van der Waals surface area contributed by atoms with E-state index in [1.807, 2.05) is 6.07 Å². The summed E-state index contributed by atoms with van der Waals surface area (Å²) in [6.45, 7) is 0. The normalized spacial score (nSPS) is 9.00.